The molecule has 1 aliphatic rings. The molecule has 0 atom stereocenters. The first-order valence-electron chi connectivity index (χ1n) is 5.02. The number of hydrogen-bond donors (Lipinski definition) is 1. The number of amides is 1. The molecule has 86 valence electrons. The molecule has 0 heterocycles. The predicted octanol–water partition coefficient (Wildman–Crippen LogP) is 2.76. The molecule has 1 fully saturated rings. The van der Waals surface area contributed by atoms with Gasteiger partial charge in [-0.2, -0.15) is 0 Å². The summed E-state index contributed by atoms with van der Waals surface area (Å²) in [6.45, 7) is 0.0384. The summed E-state index contributed by atoms with van der Waals surface area (Å²) in [4.78, 5) is 11.4. The molecule has 1 aromatic carbocycles. The summed E-state index contributed by atoms with van der Waals surface area (Å²) in [6, 6.07) is 5.55. The molecule has 0 saturated heterocycles. The molecular formula is C11H11BrClNO2. The standard InChI is InChI=1S/C11H11BrClNO2/c12-9-5-7(13)1-4-10(9)16-6-11(15)14-8-2-3-8/h1,4-5,8H,2-3,6H2,(H,14,15). The van der Waals surface area contributed by atoms with E-state index in [1.54, 1.807) is 18.2 Å². The van der Waals surface area contributed by atoms with Gasteiger partial charge in [-0.1, -0.05) is 11.6 Å². The van der Waals surface area contributed by atoms with Gasteiger partial charge in [0.25, 0.3) is 5.91 Å². The van der Waals surface area contributed by atoms with Crippen LogP contribution in [0.5, 0.6) is 5.75 Å². The smallest absolute Gasteiger partial charge is 0.258 e. The van der Waals surface area contributed by atoms with Crippen LogP contribution in [0.15, 0.2) is 22.7 Å². The molecule has 3 nitrogen and oxygen atoms in total. The van der Waals surface area contributed by atoms with Crippen LogP contribution in [-0.2, 0) is 4.79 Å². The third kappa shape index (κ3) is 3.39. The second-order valence-electron chi connectivity index (χ2n) is 3.71. The van der Waals surface area contributed by atoms with Crippen LogP contribution in [0.25, 0.3) is 0 Å². The van der Waals surface area contributed by atoms with Crippen LogP contribution >= 0.6 is 27.5 Å². The van der Waals surface area contributed by atoms with Gasteiger partial charge in [0.1, 0.15) is 5.75 Å². The summed E-state index contributed by atoms with van der Waals surface area (Å²) in [5, 5.41) is 3.48. The van der Waals surface area contributed by atoms with E-state index >= 15 is 0 Å². The van der Waals surface area contributed by atoms with Crippen molar-refractivity contribution in [2.75, 3.05) is 6.61 Å². The normalized spacial score (nSPS) is 14.6. The molecule has 0 spiro atoms. The topological polar surface area (TPSA) is 38.3 Å². The largest absolute Gasteiger partial charge is 0.483 e. The number of ether oxygens (including phenoxy) is 1. The summed E-state index contributed by atoms with van der Waals surface area (Å²) >= 11 is 9.11. The predicted molar refractivity (Wildman–Crippen MR) is 65.8 cm³/mol. The number of hydrogen-bond acceptors (Lipinski definition) is 2. The fraction of sp³-hybridized carbons (Fsp3) is 0.364. The molecule has 1 aromatic rings. The Balaban J connectivity index is 1.85. The highest BCUT2D eigenvalue weighted by molar-refractivity contribution is 9.10. The van der Waals surface area contributed by atoms with E-state index in [0.717, 1.165) is 17.3 Å². The maximum atomic E-state index is 11.4. The minimum Gasteiger partial charge on any atom is -0.483 e. The molecule has 0 unspecified atom stereocenters. The van der Waals surface area contributed by atoms with E-state index in [2.05, 4.69) is 21.2 Å². The van der Waals surface area contributed by atoms with Gasteiger partial charge in [-0.05, 0) is 47.0 Å². The van der Waals surface area contributed by atoms with Crippen molar-refractivity contribution >= 4 is 33.4 Å². The fourth-order valence-corrected chi connectivity index (χ4v) is 2.03. The Hall–Kier alpha value is -0.740. The molecule has 0 radical (unpaired) electrons. The molecule has 16 heavy (non-hydrogen) atoms. The molecular weight excluding hydrogens is 293 g/mol. The van der Waals surface area contributed by atoms with Crippen LogP contribution < -0.4 is 10.1 Å². The van der Waals surface area contributed by atoms with Crippen LogP contribution in [0.3, 0.4) is 0 Å². The number of rotatable bonds is 4. The molecule has 5 heteroatoms. The van der Waals surface area contributed by atoms with Crippen LogP contribution in [0.1, 0.15) is 12.8 Å². The number of halogens is 2. The molecule has 1 N–H and O–H groups in total. The highest BCUT2D eigenvalue weighted by atomic mass is 79.9. The highest BCUT2D eigenvalue weighted by Gasteiger charge is 2.23. The first kappa shape index (κ1) is 11.7. The lowest BCUT2D eigenvalue weighted by Gasteiger charge is -2.08. The monoisotopic (exact) mass is 303 g/mol. The van der Waals surface area contributed by atoms with Gasteiger partial charge in [0.05, 0.1) is 4.47 Å². The van der Waals surface area contributed by atoms with Gasteiger partial charge in [0, 0.05) is 11.1 Å². The van der Waals surface area contributed by atoms with Gasteiger partial charge in [0.2, 0.25) is 0 Å². The number of carbonyl (C=O) groups is 1. The summed E-state index contributed by atoms with van der Waals surface area (Å²) < 4.78 is 6.11. The maximum absolute atomic E-state index is 11.4. The molecule has 2 rings (SSSR count). The van der Waals surface area contributed by atoms with Crippen molar-refractivity contribution < 1.29 is 9.53 Å². The molecule has 0 aromatic heterocycles. The molecule has 1 amide bonds. The second-order valence-corrected chi connectivity index (χ2v) is 5.00. The average Bonchev–Trinajstić information content (AvgIpc) is 3.00. The third-order valence-electron chi connectivity index (χ3n) is 2.20. The molecule has 0 bridgehead atoms. The van der Waals surface area contributed by atoms with E-state index in [9.17, 15) is 4.79 Å². The zero-order valence-corrected chi connectivity index (χ0v) is 10.8. The SMILES string of the molecule is O=C(COc1ccc(Cl)cc1Br)NC1CC1. The van der Waals surface area contributed by atoms with Gasteiger partial charge < -0.3 is 10.1 Å². The van der Waals surface area contributed by atoms with Crippen molar-refractivity contribution in [1.29, 1.82) is 0 Å². The third-order valence-corrected chi connectivity index (χ3v) is 3.05. The Morgan fingerprint density at radius 2 is 2.31 bits per heavy atom. The van der Waals surface area contributed by atoms with E-state index in [-0.39, 0.29) is 12.5 Å². The quantitative estimate of drug-likeness (QED) is 0.929. The summed E-state index contributed by atoms with van der Waals surface area (Å²) in [6.07, 6.45) is 2.16. The zero-order valence-electron chi connectivity index (χ0n) is 8.50. The molecule has 0 aliphatic heterocycles. The van der Waals surface area contributed by atoms with Gasteiger partial charge >= 0.3 is 0 Å². The minimum absolute atomic E-state index is 0.0384. The minimum atomic E-state index is -0.0793. The van der Waals surface area contributed by atoms with Crippen molar-refractivity contribution in [2.45, 2.75) is 18.9 Å². The first-order chi connectivity index (χ1) is 7.65. The Morgan fingerprint density at radius 1 is 1.56 bits per heavy atom. The van der Waals surface area contributed by atoms with E-state index in [1.807, 2.05) is 0 Å². The fourth-order valence-electron chi connectivity index (χ4n) is 1.23. The van der Waals surface area contributed by atoms with Crippen LogP contribution in [0.4, 0.5) is 0 Å². The highest BCUT2D eigenvalue weighted by Crippen LogP contribution is 2.27. The molecule has 1 aliphatic carbocycles. The van der Waals surface area contributed by atoms with Crippen molar-refractivity contribution in [1.82, 2.24) is 5.32 Å². The Bertz CT molecular complexity index is 407. The van der Waals surface area contributed by atoms with E-state index in [1.165, 1.54) is 0 Å². The Kier molecular flexibility index (Phi) is 3.71. The average molecular weight is 305 g/mol. The lowest BCUT2D eigenvalue weighted by atomic mass is 10.3. The number of benzene rings is 1. The Labute approximate surface area is 107 Å². The van der Waals surface area contributed by atoms with Crippen molar-refractivity contribution in [3.05, 3.63) is 27.7 Å². The van der Waals surface area contributed by atoms with Crippen LogP contribution in [0, 0.1) is 0 Å². The maximum Gasteiger partial charge on any atom is 0.258 e. The van der Waals surface area contributed by atoms with E-state index in [4.69, 9.17) is 16.3 Å². The van der Waals surface area contributed by atoms with Crippen LogP contribution in [0.2, 0.25) is 5.02 Å². The van der Waals surface area contributed by atoms with Crippen LogP contribution in [-0.4, -0.2) is 18.6 Å². The summed E-state index contributed by atoms with van der Waals surface area (Å²) in [5.41, 5.74) is 0. The molecule has 1 saturated carbocycles. The van der Waals surface area contributed by atoms with E-state index in [0.29, 0.717) is 16.8 Å². The van der Waals surface area contributed by atoms with Gasteiger partial charge in [-0.25, -0.2) is 0 Å². The van der Waals surface area contributed by atoms with Gasteiger partial charge in [0.15, 0.2) is 6.61 Å². The summed E-state index contributed by atoms with van der Waals surface area (Å²) in [7, 11) is 0. The van der Waals surface area contributed by atoms with Crippen molar-refractivity contribution in [3.63, 3.8) is 0 Å². The lowest BCUT2D eigenvalue weighted by Crippen LogP contribution is -2.30. The number of carbonyl (C=O) groups excluding carboxylic acids is 1. The lowest BCUT2D eigenvalue weighted by molar-refractivity contribution is -0.123. The Morgan fingerprint density at radius 3 is 2.94 bits per heavy atom. The van der Waals surface area contributed by atoms with Gasteiger partial charge in [-0.15, -0.1) is 0 Å². The van der Waals surface area contributed by atoms with E-state index < -0.39 is 0 Å². The van der Waals surface area contributed by atoms with Crippen molar-refractivity contribution in [3.8, 4) is 5.75 Å². The second kappa shape index (κ2) is 5.06. The summed E-state index contributed by atoms with van der Waals surface area (Å²) in [5.74, 6) is 0.541. The number of nitrogens with one attached hydrogen (secondary N) is 1. The van der Waals surface area contributed by atoms with Crippen molar-refractivity contribution in [2.24, 2.45) is 0 Å². The first-order valence-corrected chi connectivity index (χ1v) is 6.19. The van der Waals surface area contributed by atoms with Gasteiger partial charge in [-0.3, -0.25) is 4.79 Å². The zero-order chi connectivity index (χ0) is 11.5.